The van der Waals surface area contributed by atoms with E-state index in [1.807, 2.05) is 0 Å². The van der Waals surface area contributed by atoms with Gasteiger partial charge in [0, 0.05) is 0 Å². The Kier molecular flexibility index (Phi) is 3.59. The Labute approximate surface area is 54.4 Å². The van der Waals surface area contributed by atoms with Gasteiger partial charge in [0.1, 0.15) is 6.61 Å². The van der Waals surface area contributed by atoms with Gasteiger partial charge in [-0.1, -0.05) is 0 Å². The SMILES string of the molecule is [O]CCOC(F)(F)C(F)F. The van der Waals surface area contributed by atoms with E-state index in [4.69, 9.17) is 0 Å². The Hall–Kier alpha value is -0.360. The highest BCUT2D eigenvalue weighted by Crippen LogP contribution is 2.23. The minimum absolute atomic E-state index is 0.905. The van der Waals surface area contributed by atoms with Gasteiger partial charge in [-0.2, -0.15) is 8.78 Å². The summed E-state index contributed by atoms with van der Waals surface area (Å²) in [6, 6.07) is 0. The van der Waals surface area contributed by atoms with Crippen molar-refractivity contribution in [1.29, 1.82) is 0 Å². The molecule has 0 fully saturated rings. The summed E-state index contributed by atoms with van der Waals surface area (Å²) < 4.78 is 48.8. The molecule has 0 bridgehead atoms. The van der Waals surface area contributed by atoms with E-state index in [9.17, 15) is 22.7 Å². The molecule has 0 aliphatic heterocycles. The van der Waals surface area contributed by atoms with E-state index in [0.29, 0.717) is 0 Å². The molecule has 0 amide bonds. The molecule has 0 unspecified atom stereocenters. The minimum Gasteiger partial charge on any atom is -0.313 e. The van der Waals surface area contributed by atoms with Crippen LogP contribution >= 0.6 is 0 Å². The number of rotatable bonds is 4. The van der Waals surface area contributed by atoms with E-state index < -0.39 is 25.7 Å². The molecule has 0 saturated heterocycles. The maximum atomic E-state index is 11.6. The maximum Gasteiger partial charge on any atom is 0.416 e. The van der Waals surface area contributed by atoms with E-state index >= 15 is 0 Å². The molecule has 0 saturated carbocycles. The predicted octanol–water partition coefficient (Wildman–Crippen LogP) is 1.29. The fourth-order valence-electron chi connectivity index (χ4n) is 0.241. The van der Waals surface area contributed by atoms with Crippen LogP contribution in [0.1, 0.15) is 0 Å². The monoisotopic (exact) mass is 161 g/mol. The molecule has 61 valence electrons. The number of halogens is 4. The maximum absolute atomic E-state index is 11.6. The smallest absolute Gasteiger partial charge is 0.313 e. The molecular formula is C4H5F4O2. The van der Waals surface area contributed by atoms with Crippen LogP contribution in [-0.4, -0.2) is 25.7 Å². The highest BCUT2D eigenvalue weighted by molar-refractivity contribution is 4.53. The van der Waals surface area contributed by atoms with Gasteiger partial charge in [-0.25, -0.2) is 13.9 Å². The molecule has 0 aliphatic rings. The predicted molar refractivity (Wildman–Crippen MR) is 22.5 cm³/mol. The van der Waals surface area contributed by atoms with Crippen LogP contribution in [0.2, 0.25) is 0 Å². The van der Waals surface area contributed by atoms with E-state index in [0.717, 1.165) is 0 Å². The molecule has 0 aromatic heterocycles. The summed E-state index contributed by atoms with van der Waals surface area (Å²) in [4.78, 5) is 0. The van der Waals surface area contributed by atoms with Crippen LogP contribution in [0.25, 0.3) is 0 Å². The average Bonchev–Trinajstić information content (AvgIpc) is 1.84. The first-order valence-corrected chi connectivity index (χ1v) is 2.38. The van der Waals surface area contributed by atoms with Crippen molar-refractivity contribution in [2.45, 2.75) is 12.5 Å². The fourth-order valence-corrected chi connectivity index (χ4v) is 0.241. The first-order valence-electron chi connectivity index (χ1n) is 2.38. The normalized spacial score (nSPS) is 12.6. The Bertz CT molecular complexity index is 95.3. The molecule has 0 atom stereocenters. The van der Waals surface area contributed by atoms with Crippen LogP contribution < -0.4 is 0 Å². The highest BCUT2D eigenvalue weighted by atomic mass is 19.3. The first-order chi connectivity index (χ1) is 4.50. The van der Waals surface area contributed by atoms with Crippen molar-refractivity contribution in [3.05, 3.63) is 0 Å². The number of hydrogen-bond acceptors (Lipinski definition) is 1. The topological polar surface area (TPSA) is 29.1 Å². The van der Waals surface area contributed by atoms with Crippen LogP contribution in [0.15, 0.2) is 0 Å². The highest BCUT2D eigenvalue weighted by Gasteiger charge is 2.41. The van der Waals surface area contributed by atoms with E-state index in [-0.39, 0.29) is 0 Å². The van der Waals surface area contributed by atoms with Crippen LogP contribution in [0, 0.1) is 0 Å². The number of ether oxygens (including phenoxy) is 1. The van der Waals surface area contributed by atoms with Gasteiger partial charge in [-0.15, -0.1) is 0 Å². The van der Waals surface area contributed by atoms with Gasteiger partial charge in [0.15, 0.2) is 0 Å². The summed E-state index contributed by atoms with van der Waals surface area (Å²) in [7, 11) is 0. The van der Waals surface area contributed by atoms with Gasteiger partial charge in [0.05, 0.1) is 6.61 Å². The van der Waals surface area contributed by atoms with Crippen molar-refractivity contribution in [1.82, 2.24) is 0 Å². The molecule has 0 N–H and O–H groups in total. The molecule has 6 heteroatoms. The standard InChI is InChI=1S/C4H5F4O2/c5-3(6)4(7,8)10-2-1-9/h3H,1-2H2. The van der Waals surface area contributed by atoms with Crippen molar-refractivity contribution in [2.24, 2.45) is 0 Å². The lowest BCUT2D eigenvalue weighted by atomic mass is 10.6. The van der Waals surface area contributed by atoms with Gasteiger partial charge in [0.25, 0.3) is 0 Å². The third-order valence-corrected chi connectivity index (χ3v) is 0.632. The molecule has 10 heavy (non-hydrogen) atoms. The van der Waals surface area contributed by atoms with E-state index in [1.54, 1.807) is 0 Å². The Morgan fingerprint density at radius 1 is 1.40 bits per heavy atom. The molecule has 0 spiro atoms. The lowest BCUT2D eigenvalue weighted by molar-refractivity contribution is -0.303. The number of hydrogen-bond donors (Lipinski definition) is 0. The zero-order valence-electron chi connectivity index (χ0n) is 4.82. The Morgan fingerprint density at radius 3 is 2.20 bits per heavy atom. The van der Waals surface area contributed by atoms with Crippen LogP contribution in [0.4, 0.5) is 17.6 Å². The Morgan fingerprint density at radius 2 is 1.90 bits per heavy atom. The zero-order chi connectivity index (χ0) is 8.20. The lowest BCUT2D eigenvalue weighted by Gasteiger charge is -2.13. The second-order valence-corrected chi connectivity index (χ2v) is 1.42. The van der Waals surface area contributed by atoms with Crippen LogP contribution in [-0.2, 0) is 9.84 Å². The molecule has 0 aromatic carbocycles. The molecule has 2 nitrogen and oxygen atoms in total. The molecular weight excluding hydrogens is 156 g/mol. The van der Waals surface area contributed by atoms with Gasteiger partial charge in [-0.3, -0.25) is 0 Å². The van der Waals surface area contributed by atoms with Gasteiger partial charge >= 0.3 is 12.5 Å². The van der Waals surface area contributed by atoms with Crippen LogP contribution in [0.5, 0.6) is 0 Å². The quantitative estimate of drug-likeness (QED) is 0.571. The second-order valence-electron chi connectivity index (χ2n) is 1.42. The van der Waals surface area contributed by atoms with Crippen molar-refractivity contribution >= 4 is 0 Å². The molecule has 0 aliphatic carbocycles. The van der Waals surface area contributed by atoms with Crippen molar-refractivity contribution in [3.8, 4) is 0 Å². The summed E-state index contributed by atoms with van der Waals surface area (Å²) in [5.41, 5.74) is 0. The first kappa shape index (κ1) is 9.64. The summed E-state index contributed by atoms with van der Waals surface area (Å²) >= 11 is 0. The summed E-state index contributed by atoms with van der Waals surface area (Å²) in [6.45, 7) is -1.86. The largest absolute Gasteiger partial charge is 0.416 e. The Balaban J connectivity index is 3.63. The van der Waals surface area contributed by atoms with E-state index in [2.05, 4.69) is 4.74 Å². The minimum atomic E-state index is -4.48. The van der Waals surface area contributed by atoms with Gasteiger partial charge in [0.2, 0.25) is 0 Å². The van der Waals surface area contributed by atoms with Gasteiger partial charge in [-0.05, 0) is 0 Å². The molecule has 0 aromatic rings. The second kappa shape index (κ2) is 3.72. The summed E-state index contributed by atoms with van der Waals surface area (Å²) in [5, 5.41) is 9.50. The zero-order valence-corrected chi connectivity index (χ0v) is 4.82. The van der Waals surface area contributed by atoms with Crippen molar-refractivity contribution < 1.29 is 27.4 Å². The number of alkyl halides is 4. The summed E-state index contributed by atoms with van der Waals surface area (Å²) in [5.74, 6) is 0. The van der Waals surface area contributed by atoms with Gasteiger partial charge < -0.3 is 4.74 Å². The molecule has 0 heterocycles. The third kappa shape index (κ3) is 2.98. The van der Waals surface area contributed by atoms with E-state index in [1.165, 1.54) is 0 Å². The average molecular weight is 161 g/mol. The molecule has 1 radical (unpaired) electrons. The lowest BCUT2D eigenvalue weighted by Crippen LogP contribution is -2.31. The molecule has 0 rings (SSSR count). The van der Waals surface area contributed by atoms with Crippen molar-refractivity contribution in [2.75, 3.05) is 13.2 Å². The summed E-state index contributed by atoms with van der Waals surface area (Å²) in [6.07, 6.45) is -8.36. The van der Waals surface area contributed by atoms with Crippen LogP contribution in [0.3, 0.4) is 0 Å². The third-order valence-electron chi connectivity index (χ3n) is 0.632. The van der Waals surface area contributed by atoms with Crippen molar-refractivity contribution in [3.63, 3.8) is 0 Å². The fraction of sp³-hybridized carbons (Fsp3) is 1.00.